The van der Waals surface area contributed by atoms with E-state index in [4.69, 9.17) is 14.6 Å². The summed E-state index contributed by atoms with van der Waals surface area (Å²) in [5.74, 6) is 0. The van der Waals surface area contributed by atoms with E-state index in [0.717, 1.165) is 0 Å². The van der Waals surface area contributed by atoms with Gasteiger partial charge in [0.25, 0.3) is 0 Å². The Kier molecular flexibility index (Phi) is 4.97. The van der Waals surface area contributed by atoms with Gasteiger partial charge in [-0.25, -0.2) is 0 Å². The van der Waals surface area contributed by atoms with E-state index in [1.54, 1.807) is 0 Å². The molecule has 0 aromatic rings. The van der Waals surface area contributed by atoms with E-state index in [1.165, 1.54) is 0 Å². The number of aliphatic hydroxyl groups is 4. The molecule has 0 spiro atoms. The maximum absolute atomic E-state index is 9.41. The predicted octanol–water partition coefficient (Wildman–Crippen LogP) is -1.80. The number of rotatable bonds is 3. The third-order valence-corrected chi connectivity index (χ3v) is 2.44. The van der Waals surface area contributed by atoms with Gasteiger partial charge in [0.05, 0.1) is 6.61 Å². The fourth-order valence-electron chi connectivity index (χ4n) is 1.27. The Hall–Kier alpha value is 0.490. The molecule has 4 N–H and O–H groups in total. The summed E-state index contributed by atoms with van der Waals surface area (Å²) < 4.78 is 10.3. The SMILES string of the molecule is OC[C@H]1OC(OC[124I])[C@H](O)[C@@H](O)[C@@H]1O. The Morgan fingerprint density at radius 2 is 1.79 bits per heavy atom. The Bertz CT molecular complexity index is 176. The van der Waals surface area contributed by atoms with Gasteiger partial charge in [-0.2, -0.15) is 0 Å². The number of aliphatic hydroxyl groups excluding tert-OH is 4. The summed E-state index contributed by atoms with van der Waals surface area (Å²) in [6.45, 7) is -0.438. The zero-order chi connectivity index (χ0) is 10.7. The van der Waals surface area contributed by atoms with Crippen molar-refractivity contribution in [1.82, 2.24) is 0 Å². The third kappa shape index (κ3) is 2.54. The summed E-state index contributed by atoms with van der Waals surface area (Å²) in [5, 5.41) is 36.9. The molecule has 1 aliphatic rings. The van der Waals surface area contributed by atoms with Crippen LogP contribution in [0.5, 0.6) is 0 Å². The van der Waals surface area contributed by atoms with Gasteiger partial charge in [-0.3, -0.25) is 0 Å². The molecule has 84 valence electrons. The minimum Gasteiger partial charge on any atom is -0.394 e. The molecule has 1 fully saturated rings. The van der Waals surface area contributed by atoms with Crippen molar-refractivity contribution in [2.24, 2.45) is 0 Å². The first-order valence-electron chi connectivity index (χ1n) is 4.10. The molecule has 0 radical (unpaired) electrons. The zero-order valence-corrected chi connectivity index (χ0v) is 9.44. The molecule has 0 aromatic carbocycles. The van der Waals surface area contributed by atoms with Gasteiger partial charge in [0.15, 0.2) is 6.29 Å². The van der Waals surface area contributed by atoms with Crippen LogP contribution < -0.4 is 0 Å². The molecule has 0 bridgehead atoms. The van der Waals surface area contributed by atoms with Gasteiger partial charge in [0, 0.05) is 0 Å². The van der Waals surface area contributed by atoms with Crippen LogP contribution in [-0.2, 0) is 9.47 Å². The summed E-state index contributed by atoms with van der Waals surface area (Å²) in [7, 11) is 0. The van der Waals surface area contributed by atoms with Crippen molar-refractivity contribution in [3.8, 4) is 0 Å². The Morgan fingerprint density at radius 1 is 1.14 bits per heavy atom. The molecule has 0 amide bonds. The van der Waals surface area contributed by atoms with E-state index in [1.807, 2.05) is 22.6 Å². The van der Waals surface area contributed by atoms with Crippen molar-refractivity contribution in [2.75, 3.05) is 11.2 Å². The average Bonchev–Trinajstić information content (AvgIpc) is 2.19. The van der Waals surface area contributed by atoms with E-state index < -0.39 is 37.3 Å². The van der Waals surface area contributed by atoms with Gasteiger partial charge < -0.3 is 29.9 Å². The second-order valence-electron chi connectivity index (χ2n) is 2.97. The van der Waals surface area contributed by atoms with E-state index in [2.05, 4.69) is 0 Å². The summed E-state index contributed by atoms with van der Waals surface area (Å²) >= 11 is 1.91. The molecule has 1 saturated heterocycles. The number of alkyl halides is 1. The van der Waals surface area contributed by atoms with Crippen molar-refractivity contribution in [3.63, 3.8) is 0 Å². The van der Waals surface area contributed by atoms with Crippen LogP contribution in [0.4, 0.5) is 0 Å². The molecule has 0 aliphatic carbocycles. The predicted molar refractivity (Wildman–Crippen MR) is 53.7 cm³/mol. The second kappa shape index (κ2) is 5.54. The van der Waals surface area contributed by atoms with Gasteiger partial charge in [-0.05, 0) is 0 Å². The first kappa shape index (κ1) is 12.6. The van der Waals surface area contributed by atoms with E-state index in [-0.39, 0.29) is 4.61 Å². The Balaban J connectivity index is 2.63. The standard InChI is InChI=1S/C7H13IO6/c8-2-13-7-6(12)5(11)4(10)3(1-9)14-7/h3-7,9-12H,1-2H2/t3-,4-,5+,6-,7?/m1/s1/i8-3. The second-order valence-corrected chi connectivity index (χ2v) is 3.60. The average molecular weight is 317 g/mol. The van der Waals surface area contributed by atoms with E-state index in [9.17, 15) is 15.3 Å². The molecule has 1 heterocycles. The van der Waals surface area contributed by atoms with Gasteiger partial charge in [0.1, 0.15) is 29.0 Å². The molecule has 0 aromatic heterocycles. The lowest BCUT2D eigenvalue weighted by atomic mass is 9.99. The van der Waals surface area contributed by atoms with Crippen molar-refractivity contribution < 1.29 is 29.9 Å². The summed E-state index contributed by atoms with van der Waals surface area (Å²) in [4.78, 5) is 0. The largest absolute Gasteiger partial charge is 0.394 e. The smallest absolute Gasteiger partial charge is 0.187 e. The highest BCUT2D eigenvalue weighted by Gasteiger charge is 2.43. The lowest BCUT2D eigenvalue weighted by Crippen LogP contribution is -2.59. The molecule has 1 unspecified atom stereocenters. The summed E-state index contributed by atoms with van der Waals surface area (Å²) in [6.07, 6.45) is -5.91. The van der Waals surface area contributed by atoms with Crippen LogP contribution in [0.3, 0.4) is 0 Å². The molecule has 6 nitrogen and oxygen atoms in total. The highest BCUT2D eigenvalue weighted by Crippen LogP contribution is 2.22. The van der Waals surface area contributed by atoms with Gasteiger partial charge in [-0.15, -0.1) is 0 Å². The Morgan fingerprint density at radius 3 is 2.29 bits per heavy atom. The van der Waals surface area contributed by atoms with Crippen LogP contribution in [0.25, 0.3) is 0 Å². The summed E-state index contributed by atoms with van der Waals surface area (Å²) in [6, 6.07) is 0. The first-order valence-corrected chi connectivity index (χ1v) is 5.62. The number of ether oxygens (including phenoxy) is 2. The molecular weight excluding hydrogens is 304 g/mol. The fourth-order valence-corrected chi connectivity index (χ4v) is 1.62. The molecule has 0 saturated carbocycles. The minimum atomic E-state index is -1.37. The minimum absolute atomic E-state index is 0.278. The molecule has 14 heavy (non-hydrogen) atoms. The Labute approximate surface area is 94.6 Å². The molecule has 7 heteroatoms. The fraction of sp³-hybridized carbons (Fsp3) is 1.00. The van der Waals surface area contributed by atoms with Crippen LogP contribution in [0.15, 0.2) is 0 Å². The van der Waals surface area contributed by atoms with Crippen molar-refractivity contribution >= 4 is 22.6 Å². The van der Waals surface area contributed by atoms with Crippen molar-refractivity contribution in [1.29, 1.82) is 0 Å². The van der Waals surface area contributed by atoms with Crippen molar-refractivity contribution in [3.05, 3.63) is 0 Å². The lowest BCUT2D eigenvalue weighted by Gasteiger charge is -2.39. The summed E-state index contributed by atoms with van der Waals surface area (Å²) in [5.41, 5.74) is 0. The normalized spacial score (nSPS) is 43.9. The van der Waals surface area contributed by atoms with Gasteiger partial charge in [0.2, 0.25) is 0 Å². The van der Waals surface area contributed by atoms with Crippen LogP contribution in [0.1, 0.15) is 0 Å². The topological polar surface area (TPSA) is 99.4 Å². The highest BCUT2D eigenvalue weighted by atomic mass is 124. The van der Waals surface area contributed by atoms with Gasteiger partial charge >= 0.3 is 0 Å². The van der Waals surface area contributed by atoms with E-state index in [0.29, 0.717) is 0 Å². The zero-order valence-electron chi connectivity index (χ0n) is 7.28. The maximum atomic E-state index is 9.41. The van der Waals surface area contributed by atoms with Crippen LogP contribution in [0, 0.1) is 0 Å². The number of hydrogen-bond acceptors (Lipinski definition) is 6. The monoisotopic (exact) mass is 317 g/mol. The van der Waals surface area contributed by atoms with Crippen molar-refractivity contribution in [2.45, 2.75) is 30.7 Å². The quantitative estimate of drug-likeness (QED) is 0.362. The molecule has 1 aliphatic heterocycles. The van der Waals surface area contributed by atoms with Crippen LogP contribution in [-0.4, -0.2) is 62.4 Å². The molecule has 5 atom stereocenters. The van der Waals surface area contributed by atoms with E-state index >= 15 is 0 Å². The lowest BCUT2D eigenvalue weighted by molar-refractivity contribution is -0.295. The molecular formula is C7H13IO6. The number of hydrogen-bond donors (Lipinski definition) is 4. The third-order valence-electron chi connectivity index (χ3n) is 2.08. The maximum Gasteiger partial charge on any atom is 0.187 e. The highest BCUT2D eigenvalue weighted by molar-refractivity contribution is 14.1. The number of halogens is 1. The first-order chi connectivity index (χ1) is 6.61. The van der Waals surface area contributed by atoms with Gasteiger partial charge in [-0.1, -0.05) is 22.6 Å². The van der Waals surface area contributed by atoms with Crippen LogP contribution in [0.2, 0.25) is 0 Å². The molecule has 1 rings (SSSR count). The van der Waals surface area contributed by atoms with Crippen LogP contribution >= 0.6 is 22.6 Å².